The molecule has 0 radical (unpaired) electrons. The van der Waals surface area contributed by atoms with Crippen LogP contribution in [0.4, 0.5) is 0 Å². The van der Waals surface area contributed by atoms with Crippen molar-refractivity contribution in [3.63, 3.8) is 0 Å². The van der Waals surface area contributed by atoms with E-state index in [4.69, 9.17) is 0 Å². The van der Waals surface area contributed by atoms with E-state index in [-0.39, 0.29) is 5.91 Å². The SMILES string of the molecule is CNC(=O)Cc1c(C)nn(C)c1C. The monoisotopic (exact) mass is 181 g/mol. The molecule has 4 heteroatoms. The highest BCUT2D eigenvalue weighted by atomic mass is 16.1. The normalized spacial score (nSPS) is 10.2. The smallest absolute Gasteiger partial charge is 0.224 e. The summed E-state index contributed by atoms with van der Waals surface area (Å²) in [6.07, 6.45) is 0.419. The molecular weight excluding hydrogens is 166 g/mol. The van der Waals surface area contributed by atoms with Gasteiger partial charge in [0.05, 0.1) is 12.1 Å². The lowest BCUT2D eigenvalue weighted by Crippen LogP contribution is -2.20. The van der Waals surface area contributed by atoms with Gasteiger partial charge in [-0.1, -0.05) is 0 Å². The van der Waals surface area contributed by atoms with E-state index in [0.29, 0.717) is 6.42 Å². The summed E-state index contributed by atoms with van der Waals surface area (Å²) in [4.78, 5) is 11.1. The molecule has 1 amide bonds. The third-order valence-corrected chi connectivity index (χ3v) is 2.28. The summed E-state index contributed by atoms with van der Waals surface area (Å²) in [5.41, 5.74) is 3.02. The Labute approximate surface area is 77.9 Å². The van der Waals surface area contributed by atoms with Crippen molar-refractivity contribution in [2.75, 3.05) is 7.05 Å². The standard InChI is InChI=1S/C9H15N3O/c1-6-8(5-9(13)10-3)7(2)12(4)11-6/h5H2,1-4H3,(H,10,13). The number of rotatable bonds is 2. The first-order valence-corrected chi connectivity index (χ1v) is 4.26. The summed E-state index contributed by atoms with van der Waals surface area (Å²) in [6.45, 7) is 3.89. The Bertz CT molecular complexity index is 328. The fourth-order valence-corrected chi connectivity index (χ4v) is 1.32. The van der Waals surface area contributed by atoms with Crippen LogP contribution in [0.25, 0.3) is 0 Å². The maximum absolute atomic E-state index is 11.1. The molecule has 0 bridgehead atoms. The number of aryl methyl sites for hydroxylation is 2. The molecule has 1 aromatic heterocycles. The van der Waals surface area contributed by atoms with Crippen molar-refractivity contribution in [1.82, 2.24) is 15.1 Å². The Balaban J connectivity index is 2.94. The average molecular weight is 181 g/mol. The van der Waals surface area contributed by atoms with Gasteiger partial charge in [0.1, 0.15) is 0 Å². The topological polar surface area (TPSA) is 46.9 Å². The van der Waals surface area contributed by atoms with Gasteiger partial charge in [-0.3, -0.25) is 9.48 Å². The highest BCUT2D eigenvalue weighted by Gasteiger charge is 2.11. The van der Waals surface area contributed by atoms with Crippen LogP contribution in [0.1, 0.15) is 17.0 Å². The summed E-state index contributed by atoms with van der Waals surface area (Å²) in [5, 5.41) is 6.84. The zero-order chi connectivity index (χ0) is 10.0. The molecule has 0 fully saturated rings. The highest BCUT2D eigenvalue weighted by Crippen LogP contribution is 2.11. The van der Waals surface area contributed by atoms with Gasteiger partial charge in [-0.2, -0.15) is 5.10 Å². The van der Waals surface area contributed by atoms with Crippen molar-refractivity contribution in [3.05, 3.63) is 17.0 Å². The number of nitrogens with zero attached hydrogens (tertiary/aromatic N) is 2. The van der Waals surface area contributed by atoms with Crippen molar-refractivity contribution in [2.24, 2.45) is 7.05 Å². The second-order valence-electron chi connectivity index (χ2n) is 3.12. The van der Waals surface area contributed by atoms with Crippen molar-refractivity contribution >= 4 is 5.91 Å². The zero-order valence-electron chi connectivity index (χ0n) is 8.51. The van der Waals surface area contributed by atoms with Gasteiger partial charge in [-0.25, -0.2) is 0 Å². The molecule has 1 rings (SSSR count). The first-order valence-electron chi connectivity index (χ1n) is 4.26. The van der Waals surface area contributed by atoms with Crippen LogP contribution in [-0.2, 0) is 18.3 Å². The molecule has 13 heavy (non-hydrogen) atoms. The maximum atomic E-state index is 11.1. The third-order valence-electron chi connectivity index (χ3n) is 2.28. The molecule has 72 valence electrons. The van der Waals surface area contributed by atoms with Crippen LogP contribution in [0.3, 0.4) is 0 Å². The van der Waals surface area contributed by atoms with E-state index in [9.17, 15) is 4.79 Å². The molecule has 0 atom stereocenters. The van der Waals surface area contributed by atoms with E-state index < -0.39 is 0 Å². The van der Waals surface area contributed by atoms with Crippen LogP contribution in [-0.4, -0.2) is 22.7 Å². The summed E-state index contributed by atoms with van der Waals surface area (Å²) in [7, 11) is 3.53. The minimum Gasteiger partial charge on any atom is -0.359 e. The lowest BCUT2D eigenvalue weighted by molar-refractivity contribution is -0.119. The lowest BCUT2D eigenvalue weighted by atomic mass is 10.1. The molecule has 1 heterocycles. The molecule has 0 aromatic carbocycles. The Hall–Kier alpha value is -1.32. The van der Waals surface area contributed by atoms with Gasteiger partial charge in [0.2, 0.25) is 5.91 Å². The molecule has 0 saturated heterocycles. The van der Waals surface area contributed by atoms with Crippen LogP contribution >= 0.6 is 0 Å². The van der Waals surface area contributed by atoms with Gasteiger partial charge < -0.3 is 5.32 Å². The summed E-state index contributed by atoms with van der Waals surface area (Å²) >= 11 is 0. The van der Waals surface area contributed by atoms with Crippen LogP contribution in [0.15, 0.2) is 0 Å². The van der Waals surface area contributed by atoms with Crippen molar-refractivity contribution in [1.29, 1.82) is 0 Å². The second-order valence-corrected chi connectivity index (χ2v) is 3.12. The van der Waals surface area contributed by atoms with Gasteiger partial charge in [0.15, 0.2) is 0 Å². The first-order chi connectivity index (χ1) is 6.06. The first kappa shape index (κ1) is 9.77. The van der Waals surface area contributed by atoms with Crippen LogP contribution in [0, 0.1) is 13.8 Å². The maximum Gasteiger partial charge on any atom is 0.224 e. The summed E-state index contributed by atoms with van der Waals surface area (Å²) in [6, 6.07) is 0. The van der Waals surface area contributed by atoms with Gasteiger partial charge in [0.25, 0.3) is 0 Å². The summed E-state index contributed by atoms with van der Waals surface area (Å²) in [5.74, 6) is 0.0270. The number of amides is 1. The van der Waals surface area contributed by atoms with E-state index in [1.165, 1.54) is 0 Å². The largest absolute Gasteiger partial charge is 0.359 e. The zero-order valence-corrected chi connectivity index (χ0v) is 8.51. The molecule has 0 aliphatic heterocycles. The van der Waals surface area contributed by atoms with Gasteiger partial charge in [-0.05, 0) is 13.8 Å². The number of aromatic nitrogens is 2. The predicted octanol–water partition coefficient (Wildman–Crippen LogP) is 0.325. The average Bonchev–Trinajstić information content (AvgIpc) is 2.32. The third kappa shape index (κ3) is 1.88. The minimum absolute atomic E-state index is 0.0270. The molecular formula is C9H15N3O. The molecule has 0 aliphatic carbocycles. The van der Waals surface area contributed by atoms with Crippen molar-refractivity contribution in [2.45, 2.75) is 20.3 Å². The van der Waals surface area contributed by atoms with Crippen molar-refractivity contribution < 1.29 is 4.79 Å². The van der Waals surface area contributed by atoms with E-state index in [1.807, 2.05) is 20.9 Å². The Morgan fingerprint density at radius 2 is 2.15 bits per heavy atom. The van der Waals surface area contributed by atoms with Crippen LogP contribution in [0.2, 0.25) is 0 Å². The summed E-state index contributed by atoms with van der Waals surface area (Å²) < 4.78 is 1.80. The fraction of sp³-hybridized carbons (Fsp3) is 0.556. The molecule has 1 aromatic rings. The fourth-order valence-electron chi connectivity index (χ4n) is 1.32. The number of hydrogen-bond acceptors (Lipinski definition) is 2. The van der Waals surface area contributed by atoms with Gasteiger partial charge in [0, 0.05) is 25.4 Å². The van der Waals surface area contributed by atoms with E-state index >= 15 is 0 Å². The van der Waals surface area contributed by atoms with E-state index in [0.717, 1.165) is 17.0 Å². The minimum atomic E-state index is 0.0270. The number of likely N-dealkylation sites (N-methyl/N-ethyl adjacent to an activating group) is 1. The highest BCUT2D eigenvalue weighted by molar-refractivity contribution is 5.78. The van der Waals surface area contributed by atoms with Crippen LogP contribution < -0.4 is 5.32 Å². The van der Waals surface area contributed by atoms with Gasteiger partial charge in [-0.15, -0.1) is 0 Å². The molecule has 0 unspecified atom stereocenters. The second kappa shape index (κ2) is 3.60. The van der Waals surface area contributed by atoms with E-state index in [2.05, 4.69) is 10.4 Å². The molecule has 0 saturated carbocycles. The quantitative estimate of drug-likeness (QED) is 0.714. The molecule has 4 nitrogen and oxygen atoms in total. The molecule has 0 aliphatic rings. The Morgan fingerprint density at radius 1 is 1.54 bits per heavy atom. The van der Waals surface area contributed by atoms with Gasteiger partial charge >= 0.3 is 0 Å². The Kier molecular flexibility index (Phi) is 2.70. The number of carbonyl (C=O) groups is 1. The number of nitrogens with one attached hydrogen (secondary N) is 1. The van der Waals surface area contributed by atoms with Crippen LogP contribution in [0.5, 0.6) is 0 Å². The number of carbonyl (C=O) groups excluding carboxylic acids is 1. The molecule has 0 spiro atoms. The van der Waals surface area contributed by atoms with E-state index in [1.54, 1.807) is 11.7 Å². The lowest BCUT2D eigenvalue weighted by Gasteiger charge is -2.00. The van der Waals surface area contributed by atoms with Crippen molar-refractivity contribution in [3.8, 4) is 0 Å². The predicted molar refractivity (Wildman–Crippen MR) is 50.5 cm³/mol. The molecule has 1 N–H and O–H groups in total. The Morgan fingerprint density at radius 3 is 2.54 bits per heavy atom. The number of hydrogen-bond donors (Lipinski definition) is 1.